The molecule has 1 atom stereocenters. The first kappa shape index (κ1) is 16.9. The van der Waals surface area contributed by atoms with Crippen LogP contribution in [-0.4, -0.2) is 30.1 Å². The van der Waals surface area contributed by atoms with E-state index in [2.05, 4.69) is 31.5 Å². The van der Waals surface area contributed by atoms with Gasteiger partial charge in [0.2, 0.25) is 0 Å². The van der Waals surface area contributed by atoms with Crippen molar-refractivity contribution in [3.05, 3.63) is 52.3 Å². The molecule has 1 fully saturated rings. The number of carbonyl (C=O) groups excluding carboxylic acids is 1. The number of nitrogens with one attached hydrogen (secondary N) is 2. The molecule has 5 nitrogen and oxygen atoms in total. The van der Waals surface area contributed by atoms with Crippen molar-refractivity contribution in [1.82, 2.24) is 4.98 Å². The minimum absolute atomic E-state index is 0.187. The Kier molecular flexibility index (Phi) is 5.48. The fraction of sp³-hybridized carbons (Fsp3) is 0.333. The van der Waals surface area contributed by atoms with Crippen LogP contribution < -0.4 is 10.6 Å². The summed E-state index contributed by atoms with van der Waals surface area (Å²) in [5, 5.41) is 6.19. The lowest BCUT2D eigenvalue weighted by molar-refractivity contribution is 0.102. The molecule has 126 valence electrons. The van der Waals surface area contributed by atoms with Gasteiger partial charge in [0.15, 0.2) is 0 Å². The summed E-state index contributed by atoms with van der Waals surface area (Å²) in [7, 11) is 0. The largest absolute Gasteiger partial charge is 0.381 e. The van der Waals surface area contributed by atoms with Crippen LogP contribution in [0.4, 0.5) is 11.4 Å². The lowest BCUT2D eigenvalue weighted by atomic mass is 10.2. The van der Waals surface area contributed by atoms with Crippen LogP contribution in [0.25, 0.3) is 0 Å². The van der Waals surface area contributed by atoms with Crippen molar-refractivity contribution >= 4 is 33.2 Å². The lowest BCUT2D eigenvalue weighted by Crippen LogP contribution is -2.19. The van der Waals surface area contributed by atoms with Gasteiger partial charge in [0.25, 0.3) is 5.91 Å². The fourth-order valence-electron chi connectivity index (χ4n) is 2.61. The van der Waals surface area contributed by atoms with Gasteiger partial charge in [-0.3, -0.25) is 9.78 Å². The number of benzene rings is 1. The van der Waals surface area contributed by atoms with Crippen LogP contribution >= 0.6 is 15.9 Å². The molecule has 1 aliphatic heterocycles. The second kappa shape index (κ2) is 7.77. The first-order valence-electron chi connectivity index (χ1n) is 8.00. The van der Waals surface area contributed by atoms with Gasteiger partial charge in [-0.1, -0.05) is 6.07 Å². The zero-order valence-electron chi connectivity index (χ0n) is 13.5. The Hall–Kier alpha value is -1.92. The number of rotatable bonds is 5. The van der Waals surface area contributed by atoms with Crippen molar-refractivity contribution in [2.75, 3.05) is 23.8 Å². The van der Waals surface area contributed by atoms with Gasteiger partial charge in [0, 0.05) is 30.0 Å². The third-order valence-electron chi connectivity index (χ3n) is 3.93. The smallest absolute Gasteiger partial charge is 0.257 e. The van der Waals surface area contributed by atoms with E-state index in [9.17, 15) is 4.79 Å². The zero-order valence-corrected chi connectivity index (χ0v) is 15.1. The first-order valence-corrected chi connectivity index (χ1v) is 8.79. The van der Waals surface area contributed by atoms with Crippen LogP contribution in [0.5, 0.6) is 0 Å². The standard InChI is InChI=1S/C18H20BrN3O2/c1-12-4-5-17(16(19)7-12)22-18(23)13-8-14(10-20-9-13)21-11-15-3-2-6-24-15/h4-5,7-10,15,21H,2-3,6,11H2,1H3,(H,22,23). The van der Waals surface area contributed by atoms with Crippen molar-refractivity contribution in [3.63, 3.8) is 0 Å². The third-order valence-corrected chi connectivity index (χ3v) is 4.59. The fourth-order valence-corrected chi connectivity index (χ4v) is 3.21. The Balaban J connectivity index is 1.65. The SMILES string of the molecule is Cc1ccc(NC(=O)c2cncc(NCC3CCCO3)c2)c(Br)c1. The average Bonchev–Trinajstić information content (AvgIpc) is 3.09. The Morgan fingerprint density at radius 2 is 2.25 bits per heavy atom. The maximum absolute atomic E-state index is 12.4. The first-order chi connectivity index (χ1) is 11.6. The minimum Gasteiger partial charge on any atom is -0.381 e. The van der Waals surface area contributed by atoms with E-state index in [4.69, 9.17) is 4.74 Å². The van der Waals surface area contributed by atoms with Crippen LogP contribution in [-0.2, 0) is 4.74 Å². The number of nitrogens with zero attached hydrogens (tertiary/aromatic N) is 1. The highest BCUT2D eigenvalue weighted by molar-refractivity contribution is 9.10. The van der Waals surface area contributed by atoms with E-state index in [1.54, 1.807) is 18.5 Å². The molecular weight excluding hydrogens is 370 g/mol. The number of pyridine rings is 1. The number of anilines is 2. The molecule has 0 aliphatic carbocycles. The Morgan fingerprint density at radius 3 is 3.00 bits per heavy atom. The summed E-state index contributed by atoms with van der Waals surface area (Å²) in [5.74, 6) is -0.187. The van der Waals surface area contributed by atoms with Gasteiger partial charge in [0.1, 0.15) is 0 Å². The second-order valence-electron chi connectivity index (χ2n) is 5.92. The summed E-state index contributed by atoms with van der Waals surface area (Å²) in [4.78, 5) is 16.6. The molecule has 24 heavy (non-hydrogen) atoms. The topological polar surface area (TPSA) is 63.2 Å². The van der Waals surface area contributed by atoms with Gasteiger partial charge < -0.3 is 15.4 Å². The molecule has 1 unspecified atom stereocenters. The van der Waals surface area contributed by atoms with Crippen LogP contribution in [0.3, 0.4) is 0 Å². The van der Waals surface area contributed by atoms with E-state index in [1.807, 2.05) is 25.1 Å². The van der Waals surface area contributed by atoms with E-state index < -0.39 is 0 Å². The molecule has 1 aliphatic rings. The molecule has 0 saturated carbocycles. The summed E-state index contributed by atoms with van der Waals surface area (Å²) in [6.45, 7) is 3.57. The van der Waals surface area contributed by atoms with Crippen molar-refractivity contribution in [3.8, 4) is 0 Å². The Morgan fingerprint density at radius 1 is 1.38 bits per heavy atom. The second-order valence-corrected chi connectivity index (χ2v) is 6.77. The minimum atomic E-state index is -0.187. The number of carbonyl (C=O) groups is 1. The van der Waals surface area contributed by atoms with Gasteiger partial charge in [0.05, 0.1) is 23.0 Å². The predicted molar refractivity (Wildman–Crippen MR) is 98.5 cm³/mol. The molecule has 1 saturated heterocycles. The number of aryl methyl sites for hydroxylation is 1. The van der Waals surface area contributed by atoms with Crippen molar-refractivity contribution in [2.24, 2.45) is 0 Å². The molecule has 2 aromatic rings. The van der Waals surface area contributed by atoms with E-state index in [0.29, 0.717) is 5.56 Å². The molecule has 1 aromatic carbocycles. The molecule has 0 bridgehead atoms. The van der Waals surface area contributed by atoms with E-state index in [1.165, 1.54) is 0 Å². The number of halogens is 1. The third kappa shape index (κ3) is 4.33. The highest BCUT2D eigenvalue weighted by atomic mass is 79.9. The van der Waals surface area contributed by atoms with E-state index in [0.717, 1.165) is 47.4 Å². The average molecular weight is 390 g/mol. The van der Waals surface area contributed by atoms with Crippen LogP contribution in [0.15, 0.2) is 41.1 Å². The monoisotopic (exact) mass is 389 g/mol. The van der Waals surface area contributed by atoms with E-state index in [-0.39, 0.29) is 12.0 Å². The highest BCUT2D eigenvalue weighted by Crippen LogP contribution is 2.24. The molecule has 0 radical (unpaired) electrons. The zero-order chi connectivity index (χ0) is 16.9. The van der Waals surface area contributed by atoms with Crippen molar-refractivity contribution in [2.45, 2.75) is 25.9 Å². The van der Waals surface area contributed by atoms with E-state index >= 15 is 0 Å². The van der Waals surface area contributed by atoms with Crippen molar-refractivity contribution < 1.29 is 9.53 Å². The summed E-state index contributed by atoms with van der Waals surface area (Å²) in [6, 6.07) is 7.61. The molecule has 1 amide bonds. The molecule has 2 heterocycles. The summed E-state index contributed by atoms with van der Waals surface area (Å²) in [6.07, 6.45) is 5.70. The summed E-state index contributed by atoms with van der Waals surface area (Å²) in [5.41, 5.74) is 3.20. The number of hydrogen-bond acceptors (Lipinski definition) is 4. The van der Waals surface area contributed by atoms with Crippen LogP contribution in [0, 0.1) is 6.92 Å². The van der Waals surface area contributed by atoms with Gasteiger partial charge in [-0.2, -0.15) is 0 Å². The molecular formula is C18H20BrN3O2. The molecule has 1 aromatic heterocycles. The van der Waals surface area contributed by atoms with Gasteiger partial charge in [-0.25, -0.2) is 0 Å². The van der Waals surface area contributed by atoms with Gasteiger partial charge in [-0.05, 0) is 59.5 Å². The number of amides is 1. The predicted octanol–water partition coefficient (Wildman–Crippen LogP) is 4.00. The maximum atomic E-state index is 12.4. The number of ether oxygens (including phenoxy) is 1. The maximum Gasteiger partial charge on any atom is 0.257 e. The Bertz CT molecular complexity index is 730. The molecule has 6 heteroatoms. The molecule has 0 spiro atoms. The summed E-state index contributed by atoms with van der Waals surface area (Å²) < 4.78 is 6.44. The highest BCUT2D eigenvalue weighted by Gasteiger charge is 2.15. The van der Waals surface area contributed by atoms with Crippen LogP contribution in [0.2, 0.25) is 0 Å². The lowest BCUT2D eigenvalue weighted by Gasteiger charge is -2.12. The quantitative estimate of drug-likeness (QED) is 0.810. The molecule has 2 N–H and O–H groups in total. The molecule has 3 rings (SSSR count). The number of aromatic nitrogens is 1. The Labute approximate surface area is 149 Å². The number of hydrogen-bond donors (Lipinski definition) is 2. The van der Waals surface area contributed by atoms with Crippen molar-refractivity contribution in [1.29, 1.82) is 0 Å². The van der Waals surface area contributed by atoms with Crippen LogP contribution in [0.1, 0.15) is 28.8 Å². The van der Waals surface area contributed by atoms with Gasteiger partial charge in [-0.15, -0.1) is 0 Å². The van der Waals surface area contributed by atoms with Gasteiger partial charge >= 0.3 is 0 Å². The normalized spacial score (nSPS) is 16.8. The summed E-state index contributed by atoms with van der Waals surface area (Å²) >= 11 is 3.47.